The molecule has 0 saturated heterocycles. The summed E-state index contributed by atoms with van der Waals surface area (Å²) in [7, 11) is 0. The second-order valence-corrected chi connectivity index (χ2v) is 6.42. The first-order chi connectivity index (χ1) is 12.5. The van der Waals surface area contributed by atoms with Crippen molar-refractivity contribution < 1.29 is 4.79 Å². The molecule has 3 aromatic heterocycles. The van der Waals surface area contributed by atoms with Crippen molar-refractivity contribution in [3.05, 3.63) is 63.7 Å². The van der Waals surface area contributed by atoms with E-state index in [2.05, 4.69) is 20.4 Å². The Morgan fingerprint density at radius 3 is 2.85 bits per heavy atom. The van der Waals surface area contributed by atoms with Crippen LogP contribution in [-0.4, -0.2) is 25.7 Å². The summed E-state index contributed by atoms with van der Waals surface area (Å²) in [6.45, 7) is 1.77. The minimum atomic E-state index is -0.402. The van der Waals surface area contributed by atoms with Gasteiger partial charge in [0, 0.05) is 22.5 Å². The number of pyridine rings is 1. The number of aromatic amines is 1. The van der Waals surface area contributed by atoms with Crippen molar-refractivity contribution in [2.24, 2.45) is 0 Å². The number of fused-ring (bicyclic) bond motifs is 3. The van der Waals surface area contributed by atoms with Gasteiger partial charge in [-0.15, -0.1) is 0 Å². The standard InChI is InChI=1S/C18H14ClN5O2/c1-10-2-4-14-12(6-10)13-8-21-24(18(26)17(13)22-14)9-16(25)23-15-5-3-11(19)7-20-15/h2-8,22H,9H2,1H3,(H,20,23,25). The number of hydrogen-bond donors (Lipinski definition) is 2. The first kappa shape index (κ1) is 16.3. The zero-order valence-corrected chi connectivity index (χ0v) is 14.5. The van der Waals surface area contributed by atoms with Crippen LogP contribution in [0.4, 0.5) is 5.82 Å². The van der Waals surface area contributed by atoms with Crippen molar-refractivity contribution in [1.29, 1.82) is 0 Å². The molecule has 0 unspecified atom stereocenters. The van der Waals surface area contributed by atoms with Crippen LogP contribution < -0.4 is 10.9 Å². The number of benzene rings is 1. The Morgan fingerprint density at radius 1 is 1.23 bits per heavy atom. The summed E-state index contributed by atoms with van der Waals surface area (Å²) in [6.07, 6.45) is 3.03. The average Bonchev–Trinajstić information content (AvgIpc) is 2.98. The molecule has 0 spiro atoms. The monoisotopic (exact) mass is 367 g/mol. The van der Waals surface area contributed by atoms with E-state index in [1.54, 1.807) is 18.3 Å². The van der Waals surface area contributed by atoms with Gasteiger partial charge < -0.3 is 10.3 Å². The molecule has 130 valence electrons. The summed E-state index contributed by atoms with van der Waals surface area (Å²) in [5.41, 5.74) is 2.03. The van der Waals surface area contributed by atoms with Gasteiger partial charge in [0.1, 0.15) is 17.9 Å². The molecule has 4 aromatic rings. The number of carbonyl (C=O) groups excluding carboxylic acids is 1. The van der Waals surface area contributed by atoms with Crippen molar-refractivity contribution in [1.82, 2.24) is 19.7 Å². The molecular weight excluding hydrogens is 354 g/mol. The smallest absolute Gasteiger partial charge is 0.291 e. The summed E-state index contributed by atoms with van der Waals surface area (Å²) < 4.78 is 1.12. The second-order valence-electron chi connectivity index (χ2n) is 5.98. The zero-order chi connectivity index (χ0) is 18.3. The number of rotatable bonds is 3. The van der Waals surface area contributed by atoms with Gasteiger partial charge in [0.15, 0.2) is 0 Å². The first-order valence-electron chi connectivity index (χ1n) is 7.91. The molecule has 0 aliphatic carbocycles. The summed E-state index contributed by atoms with van der Waals surface area (Å²) in [5.74, 6) is -0.0460. The number of H-pyrrole nitrogens is 1. The molecule has 26 heavy (non-hydrogen) atoms. The van der Waals surface area contributed by atoms with Gasteiger partial charge in [-0.05, 0) is 31.2 Å². The highest BCUT2D eigenvalue weighted by Gasteiger charge is 2.13. The van der Waals surface area contributed by atoms with E-state index in [1.165, 1.54) is 6.20 Å². The van der Waals surface area contributed by atoms with E-state index in [0.717, 1.165) is 26.5 Å². The third-order valence-electron chi connectivity index (χ3n) is 4.06. The lowest BCUT2D eigenvalue weighted by atomic mass is 10.1. The average molecular weight is 368 g/mol. The fourth-order valence-corrected chi connectivity index (χ4v) is 2.93. The predicted octanol–water partition coefficient (Wildman–Crippen LogP) is 2.87. The Kier molecular flexibility index (Phi) is 3.93. The second kappa shape index (κ2) is 6.27. The maximum atomic E-state index is 12.7. The fraction of sp³-hybridized carbons (Fsp3) is 0.111. The minimum absolute atomic E-state index is 0.215. The van der Waals surface area contributed by atoms with Crippen LogP contribution in [0.5, 0.6) is 0 Å². The third kappa shape index (κ3) is 2.93. The molecule has 1 amide bonds. The van der Waals surface area contributed by atoms with Gasteiger partial charge in [0.05, 0.1) is 11.2 Å². The molecule has 3 heterocycles. The van der Waals surface area contributed by atoms with E-state index in [0.29, 0.717) is 16.4 Å². The molecule has 8 heteroatoms. The molecule has 0 atom stereocenters. The van der Waals surface area contributed by atoms with Crippen molar-refractivity contribution in [3.8, 4) is 0 Å². The van der Waals surface area contributed by atoms with Crippen LogP contribution in [0.2, 0.25) is 5.02 Å². The van der Waals surface area contributed by atoms with Crippen LogP contribution in [0.1, 0.15) is 5.56 Å². The van der Waals surface area contributed by atoms with Crippen molar-refractivity contribution >= 4 is 45.1 Å². The molecule has 2 N–H and O–H groups in total. The maximum absolute atomic E-state index is 12.7. The molecule has 7 nitrogen and oxygen atoms in total. The van der Waals surface area contributed by atoms with Crippen LogP contribution >= 0.6 is 11.6 Å². The normalized spacial score (nSPS) is 11.2. The van der Waals surface area contributed by atoms with Gasteiger partial charge in [-0.25, -0.2) is 9.67 Å². The highest BCUT2D eigenvalue weighted by atomic mass is 35.5. The van der Waals surface area contributed by atoms with Crippen LogP contribution in [0.25, 0.3) is 21.8 Å². The van der Waals surface area contributed by atoms with Gasteiger partial charge in [-0.1, -0.05) is 23.2 Å². The number of nitrogens with one attached hydrogen (secondary N) is 2. The summed E-state index contributed by atoms with van der Waals surface area (Å²) in [6, 6.07) is 9.09. The number of anilines is 1. The minimum Gasteiger partial charge on any atom is -0.350 e. The highest BCUT2D eigenvalue weighted by Crippen LogP contribution is 2.23. The Hall–Kier alpha value is -3.19. The van der Waals surface area contributed by atoms with Crippen molar-refractivity contribution in [2.75, 3.05) is 5.32 Å². The van der Waals surface area contributed by atoms with E-state index in [4.69, 9.17) is 11.6 Å². The number of amides is 1. The van der Waals surface area contributed by atoms with Crippen molar-refractivity contribution in [2.45, 2.75) is 13.5 Å². The fourth-order valence-electron chi connectivity index (χ4n) is 2.82. The van der Waals surface area contributed by atoms with E-state index < -0.39 is 5.91 Å². The Bertz CT molecular complexity index is 1190. The lowest BCUT2D eigenvalue weighted by Crippen LogP contribution is -2.29. The van der Waals surface area contributed by atoms with Gasteiger partial charge in [0.25, 0.3) is 5.56 Å². The predicted molar refractivity (Wildman–Crippen MR) is 100 cm³/mol. The molecule has 0 radical (unpaired) electrons. The molecular formula is C18H14ClN5O2. The number of halogens is 1. The SMILES string of the molecule is Cc1ccc2[nH]c3c(=O)n(CC(=O)Nc4ccc(Cl)cn4)ncc3c2c1. The Balaban J connectivity index is 1.65. The number of aryl methyl sites for hydroxylation is 1. The summed E-state index contributed by atoms with van der Waals surface area (Å²) >= 11 is 5.76. The molecule has 0 bridgehead atoms. The van der Waals surface area contributed by atoms with Crippen LogP contribution in [0, 0.1) is 6.92 Å². The molecule has 0 aliphatic heterocycles. The van der Waals surface area contributed by atoms with Crippen LogP contribution in [0.3, 0.4) is 0 Å². The topological polar surface area (TPSA) is 92.7 Å². The summed E-state index contributed by atoms with van der Waals surface area (Å²) in [5, 5.41) is 8.89. The van der Waals surface area contributed by atoms with Crippen LogP contribution in [0.15, 0.2) is 47.5 Å². The Morgan fingerprint density at radius 2 is 2.08 bits per heavy atom. The van der Waals surface area contributed by atoms with Gasteiger partial charge in [-0.3, -0.25) is 9.59 Å². The first-order valence-corrected chi connectivity index (χ1v) is 8.28. The third-order valence-corrected chi connectivity index (χ3v) is 4.28. The summed E-state index contributed by atoms with van der Waals surface area (Å²) in [4.78, 5) is 32.0. The molecule has 0 fully saturated rings. The zero-order valence-electron chi connectivity index (χ0n) is 13.8. The lowest BCUT2D eigenvalue weighted by Gasteiger charge is -2.06. The number of carbonyl (C=O) groups is 1. The van der Waals surface area contributed by atoms with Crippen molar-refractivity contribution in [3.63, 3.8) is 0 Å². The molecule has 0 aliphatic rings. The van der Waals surface area contributed by atoms with E-state index in [-0.39, 0.29) is 12.1 Å². The quantitative estimate of drug-likeness (QED) is 0.582. The lowest BCUT2D eigenvalue weighted by molar-refractivity contribution is -0.117. The number of hydrogen-bond acceptors (Lipinski definition) is 4. The molecule has 0 saturated carbocycles. The Labute approximate surface area is 152 Å². The van der Waals surface area contributed by atoms with E-state index in [9.17, 15) is 9.59 Å². The molecule has 1 aromatic carbocycles. The maximum Gasteiger partial charge on any atom is 0.291 e. The molecule has 4 rings (SSSR count). The van der Waals surface area contributed by atoms with Crippen LogP contribution in [-0.2, 0) is 11.3 Å². The van der Waals surface area contributed by atoms with E-state index >= 15 is 0 Å². The van der Waals surface area contributed by atoms with Gasteiger partial charge >= 0.3 is 0 Å². The van der Waals surface area contributed by atoms with Gasteiger partial charge in [0.2, 0.25) is 5.91 Å². The largest absolute Gasteiger partial charge is 0.350 e. The number of aromatic nitrogens is 4. The number of nitrogens with zero attached hydrogens (tertiary/aromatic N) is 3. The highest BCUT2D eigenvalue weighted by molar-refractivity contribution is 6.30. The van der Waals surface area contributed by atoms with Gasteiger partial charge in [-0.2, -0.15) is 5.10 Å². The van der Waals surface area contributed by atoms with E-state index in [1.807, 2.05) is 25.1 Å².